The van der Waals surface area contributed by atoms with Gasteiger partial charge < -0.3 is 9.47 Å². The number of carbonyl (C=O) groups is 1. The lowest BCUT2D eigenvalue weighted by atomic mass is 10.1. The van der Waals surface area contributed by atoms with Gasteiger partial charge in [-0.15, -0.1) is 10.2 Å². The summed E-state index contributed by atoms with van der Waals surface area (Å²) in [7, 11) is -2.01. The van der Waals surface area contributed by atoms with E-state index in [-0.39, 0.29) is 16.9 Å². The number of sulfone groups is 1. The van der Waals surface area contributed by atoms with E-state index in [0.717, 1.165) is 0 Å². The van der Waals surface area contributed by atoms with Crippen LogP contribution in [0.4, 0.5) is 4.39 Å². The predicted octanol–water partition coefficient (Wildman–Crippen LogP) is 1.42. The second-order valence-corrected chi connectivity index (χ2v) is 9.06. The number of rotatable bonds is 4. The van der Waals surface area contributed by atoms with Crippen molar-refractivity contribution in [1.29, 1.82) is 0 Å². The molecule has 1 aliphatic heterocycles. The van der Waals surface area contributed by atoms with Gasteiger partial charge in [0, 0.05) is 25.7 Å². The fraction of sp³-hybridized carbons (Fsp3) is 0.333. The van der Waals surface area contributed by atoms with Crippen LogP contribution < -0.4 is 0 Å². The van der Waals surface area contributed by atoms with Gasteiger partial charge in [0.1, 0.15) is 17.8 Å². The molecule has 1 fully saturated rings. The smallest absolute Gasteiger partial charge is 0.271 e. The largest absolute Gasteiger partial charge is 0.337 e. The van der Waals surface area contributed by atoms with Crippen molar-refractivity contribution in [3.63, 3.8) is 0 Å². The minimum absolute atomic E-state index is 0.0558. The first-order chi connectivity index (χ1) is 13.9. The number of hydrogen-bond acceptors (Lipinski definition) is 6. The monoisotopic (exact) mass is 418 g/mol. The van der Waals surface area contributed by atoms with Crippen molar-refractivity contribution in [2.45, 2.75) is 23.2 Å². The SMILES string of the molecule is Cn1cnnc1S(=O)(=O)C1CCN(C(=O)c2cc(-c3ccc(F)cc3)n[nH]2)CC1. The van der Waals surface area contributed by atoms with Gasteiger partial charge in [0.2, 0.25) is 15.0 Å². The number of piperidine rings is 1. The number of benzene rings is 1. The van der Waals surface area contributed by atoms with Crippen LogP contribution in [0.2, 0.25) is 0 Å². The Morgan fingerprint density at radius 2 is 1.90 bits per heavy atom. The lowest BCUT2D eigenvalue weighted by molar-refractivity contribution is 0.0719. The van der Waals surface area contributed by atoms with Gasteiger partial charge in [-0.25, -0.2) is 12.8 Å². The van der Waals surface area contributed by atoms with Crippen molar-refractivity contribution in [3.8, 4) is 11.3 Å². The molecule has 0 bridgehead atoms. The number of amides is 1. The van der Waals surface area contributed by atoms with E-state index in [1.165, 1.54) is 23.0 Å². The zero-order chi connectivity index (χ0) is 20.6. The number of carbonyl (C=O) groups excluding carboxylic acids is 1. The van der Waals surface area contributed by atoms with Crippen LogP contribution in [0.5, 0.6) is 0 Å². The Bertz CT molecular complexity index is 1130. The molecule has 0 unspecified atom stereocenters. The third-order valence-electron chi connectivity index (χ3n) is 5.04. The van der Waals surface area contributed by atoms with Crippen LogP contribution in [-0.2, 0) is 16.9 Å². The lowest BCUT2D eigenvalue weighted by Crippen LogP contribution is -2.43. The second-order valence-electron chi connectivity index (χ2n) is 6.93. The van der Waals surface area contributed by atoms with Gasteiger partial charge in [0.15, 0.2) is 0 Å². The number of nitrogens with one attached hydrogen (secondary N) is 1. The summed E-state index contributed by atoms with van der Waals surface area (Å²) in [6.07, 6.45) is 1.99. The first-order valence-corrected chi connectivity index (χ1v) is 10.6. The highest BCUT2D eigenvalue weighted by Crippen LogP contribution is 2.24. The van der Waals surface area contributed by atoms with Gasteiger partial charge in [-0.3, -0.25) is 9.89 Å². The Kier molecular flexibility index (Phi) is 4.91. The molecular weight excluding hydrogens is 399 g/mol. The molecule has 0 spiro atoms. The highest BCUT2D eigenvalue weighted by Gasteiger charge is 2.35. The molecule has 1 saturated heterocycles. The van der Waals surface area contributed by atoms with Gasteiger partial charge in [0.05, 0.1) is 10.9 Å². The summed E-state index contributed by atoms with van der Waals surface area (Å²) in [4.78, 5) is 14.4. The highest BCUT2D eigenvalue weighted by atomic mass is 32.2. The molecule has 1 aliphatic rings. The summed E-state index contributed by atoms with van der Waals surface area (Å²) in [5.74, 6) is -0.597. The minimum atomic E-state index is -3.60. The summed E-state index contributed by atoms with van der Waals surface area (Å²) in [6, 6.07) is 7.44. The molecule has 9 nitrogen and oxygen atoms in total. The molecule has 0 aliphatic carbocycles. The van der Waals surface area contributed by atoms with Crippen LogP contribution in [-0.4, -0.2) is 62.5 Å². The van der Waals surface area contributed by atoms with Crippen LogP contribution in [0.3, 0.4) is 0 Å². The number of halogens is 1. The molecular formula is C18H19FN6O3S. The molecule has 1 aromatic carbocycles. The maximum Gasteiger partial charge on any atom is 0.271 e. The molecule has 4 rings (SSSR count). The molecule has 3 aromatic rings. The lowest BCUT2D eigenvalue weighted by Gasteiger charge is -2.31. The molecule has 0 atom stereocenters. The Balaban J connectivity index is 1.43. The molecule has 1 N–H and O–H groups in total. The van der Waals surface area contributed by atoms with Crippen LogP contribution in [0, 0.1) is 5.82 Å². The second kappa shape index (κ2) is 7.39. The average Bonchev–Trinajstić information content (AvgIpc) is 3.38. The quantitative estimate of drug-likeness (QED) is 0.686. The summed E-state index contributed by atoms with van der Waals surface area (Å²) in [5, 5.41) is 13.5. The summed E-state index contributed by atoms with van der Waals surface area (Å²) in [5.41, 5.74) is 1.53. The van der Waals surface area contributed by atoms with E-state index in [1.54, 1.807) is 30.1 Å². The third-order valence-corrected chi connectivity index (χ3v) is 7.27. The molecule has 152 valence electrons. The number of aryl methyl sites for hydroxylation is 1. The normalized spacial score (nSPS) is 15.6. The molecule has 3 heterocycles. The summed E-state index contributed by atoms with van der Waals surface area (Å²) >= 11 is 0. The number of likely N-dealkylation sites (tertiary alicyclic amines) is 1. The summed E-state index contributed by atoms with van der Waals surface area (Å²) < 4.78 is 39.9. The van der Waals surface area contributed by atoms with E-state index in [4.69, 9.17) is 0 Å². The fourth-order valence-electron chi connectivity index (χ4n) is 3.42. The number of nitrogens with zero attached hydrogens (tertiary/aromatic N) is 5. The Morgan fingerprint density at radius 3 is 2.52 bits per heavy atom. The first-order valence-electron chi connectivity index (χ1n) is 9.05. The number of H-pyrrole nitrogens is 1. The van der Waals surface area contributed by atoms with E-state index >= 15 is 0 Å². The maximum atomic E-state index is 13.1. The van der Waals surface area contributed by atoms with Crippen LogP contribution in [0.25, 0.3) is 11.3 Å². The fourth-order valence-corrected chi connectivity index (χ4v) is 5.16. The average molecular weight is 418 g/mol. The van der Waals surface area contributed by atoms with Crippen molar-refractivity contribution in [2.75, 3.05) is 13.1 Å². The van der Waals surface area contributed by atoms with Gasteiger partial charge >= 0.3 is 0 Å². The van der Waals surface area contributed by atoms with Crippen molar-refractivity contribution in [3.05, 3.63) is 48.2 Å². The van der Waals surface area contributed by atoms with Gasteiger partial charge in [-0.1, -0.05) is 0 Å². The van der Waals surface area contributed by atoms with E-state index in [9.17, 15) is 17.6 Å². The standard InChI is InChI=1S/C18H19FN6O3S/c1-24-11-20-23-18(24)29(27,28)14-6-8-25(9-7-14)17(26)16-10-15(21-22-16)12-2-4-13(19)5-3-12/h2-5,10-11,14H,6-9H2,1H3,(H,21,22). The minimum Gasteiger partial charge on any atom is -0.337 e. The predicted molar refractivity (Wildman–Crippen MR) is 101 cm³/mol. The van der Waals surface area contributed by atoms with Crippen molar-refractivity contribution in [1.82, 2.24) is 29.9 Å². The Labute approximate surface area is 166 Å². The van der Waals surface area contributed by atoms with E-state index in [1.807, 2.05) is 0 Å². The Hall–Kier alpha value is -3.08. The topological polar surface area (TPSA) is 114 Å². The van der Waals surface area contributed by atoms with E-state index in [0.29, 0.717) is 42.9 Å². The van der Waals surface area contributed by atoms with Crippen LogP contribution in [0.15, 0.2) is 41.8 Å². The van der Waals surface area contributed by atoms with Crippen molar-refractivity contribution in [2.24, 2.45) is 7.05 Å². The summed E-state index contributed by atoms with van der Waals surface area (Å²) in [6.45, 7) is 0.622. The molecule has 0 radical (unpaired) electrons. The third kappa shape index (κ3) is 3.65. The van der Waals surface area contributed by atoms with Gasteiger partial charge in [0.25, 0.3) is 5.91 Å². The van der Waals surface area contributed by atoms with Gasteiger partial charge in [-0.2, -0.15) is 5.10 Å². The van der Waals surface area contributed by atoms with E-state index < -0.39 is 15.1 Å². The maximum absolute atomic E-state index is 13.1. The molecule has 11 heteroatoms. The van der Waals surface area contributed by atoms with Crippen LogP contribution in [0.1, 0.15) is 23.3 Å². The molecule has 2 aromatic heterocycles. The number of hydrogen-bond donors (Lipinski definition) is 1. The molecule has 0 saturated carbocycles. The highest BCUT2D eigenvalue weighted by molar-refractivity contribution is 7.91. The van der Waals surface area contributed by atoms with Crippen molar-refractivity contribution >= 4 is 15.7 Å². The first kappa shape index (κ1) is 19.2. The van der Waals surface area contributed by atoms with E-state index in [2.05, 4.69) is 20.4 Å². The Morgan fingerprint density at radius 1 is 1.21 bits per heavy atom. The van der Waals surface area contributed by atoms with Crippen molar-refractivity contribution < 1.29 is 17.6 Å². The zero-order valence-corrected chi connectivity index (χ0v) is 16.4. The number of aromatic amines is 1. The number of aromatic nitrogens is 5. The molecule has 29 heavy (non-hydrogen) atoms. The van der Waals surface area contributed by atoms with Crippen LogP contribution >= 0.6 is 0 Å². The van der Waals surface area contributed by atoms with Gasteiger partial charge in [-0.05, 0) is 43.2 Å². The zero-order valence-electron chi connectivity index (χ0n) is 15.6. The molecule has 1 amide bonds.